The van der Waals surface area contributed by atoms with E-state index in [-0.39, 0.29) is 30.3 Å². The Balaban J connectivity index is 1.89. The number of aliphatic hydroxyl groups excluding tert-OH is 1. The fraction of sp³-hybridized carbons (Fsp3) is 0.345. The van der Waals surface area contributed by atoms with Crippen LogP contribution in [-0.4, -0.2) is 61.3 Å². The van der Waals surface area contributed by atoms with Crippen molar-refractivity contribution in [2.75, 3.05) is 25.7 Å². The van der Waals surface area contributed by atoms with Gasteiger partial charge in [-0.2, -0.15) is 4.31 Å². The quantitative estimate of drug-likeness (QED) is 0.169. The molecule has 216 valence electrons. The van der Waals surface area contributed by atoms with Gasteiger partial charge in [-0.25, -0.2) is 19.2 Å². The van der Waals surface area contributed by atoms with Crippen LogP contribution in [-0.2, 0) is 21.4 Å². The standard InChI is InChI=1S/C29H37N3O7S/c1-20(2)18-32(40(36,37)25-13-11-24(38-4)12-14-25)19-28(33)27(17-22-8-6-5-7-9-22)30-29(34)26-15-10-23(31-39-35)16-21(26)3/h5-16,20,27-28,31,33,35H,17-19H2,1-4H3,(H,30,34). The van der Waals surface area contributed by atoms with Crippen molar-refractivity contribution in [3.63, 3.8) is 0 Å². The number of carbonyl (C=O) groups excluding carboxylic acids is 1. The lowest BCUT2D eigenvalue weighted by Crippen LogP contribution is -2.51. The Morgan fingerprint density at radius 2 is 1.68 bits per heavy atom. The molecule has 0 radical (unpaired) electrons. The summed E-state index contributed by atoms with van der Waals surface area (Å²) in [5.74, 6) is 0.0884. The first-order valence-corrected chi connectivity index (χ1v) is 14.3. The van der Waals surface area contributed by atoms with Crippen molar-refractivity contribution in [1.29, 1.82) is 0 Å². The van der Waals surface area contributed by atoms with E-state index in [0.29, 0.717) is 22.6 Å². The predicted octanol–water partition coefficient (Wildman–Crippen LogP) is 3.87. The average molecular weight is 572 g/mol. The molecule has 0 spiro atoms. The van der Waals surface area contributed by atoms with Crippen molar-refractivity contribution in [3.8, 4) is 5.75 Å². The van der Waals surface area contributed by atoms with E-state index in [1.54, 1.807) is 37.3 Å². The number of aryl methyl sites for hydroxylation is 1. The summed E-state index contributed by atoms with van der Waals surface area (Å²) in [5.41, 5.74) is 4.58. The number of sulfonamides is 1. The number of amides is 1. The molecule has 3 aromatic carbocycles. The van der Waals surface area contributed by atoms with E-state index < -0.39 is 28.1 Å². The molecule has 0 aliphatic carbocycles. The van der Waals surface area contributed by atoms with E-state index in [0.717, 1.165) is 5.56 Å². The lowest BCUT2D eigenvalue weighted by atomic mass is 9.99. The third-order valence-electron chi connectivity index (χ3n) is 6.37. The number of nitrogens with zero attached hydrogens (tertiary/aromatic N) is 1. The molecule has 3 aromatic rings. The monoisotopic (exact) mass is 571 g/mol. The number of nitrogens with one attached hydrogen (secondary N) is 2. The van der Waals surface area contributed by atoms with Gasteiger partial charge >= 0.3 is 0 Å². The summed E-state index contributed by atoms with van der Waals surface area (Å²) in [6.45, 7) is 5.48. The van der Waals surface area contributed by atoms with Gasteiger partial charge in [0.1, 0.15) is 5.75 Å². The van der Waals surface area contributed by atoms with Crippen LogP contribution in [0.5, 0.6) is 5.75 Å². The van der Waals surface area contributed by atoms with Crippen molar-refractivity contribution in [1.82, 2.24) is 9.62 Å². The fourth-order valence-corrected chi connectivity index (χ4v) is 5.96. The molecule has 0 aliphatic heterocycles. The second kappa shape index (κ2) is 14.2. The van der Waals surface area contributed by atoms with Crippen molar-refractivity contribution >= 4 is 21.6 Å². The summed E-state index contributed by atoms with van der Waals surface area (Å²) in [5, 5.41) is 23.0. The molecule has 11 heteroatoms. The van der Waals surface area contributed by atoms with E-state index in [9.17, 15) is 18.3 Å². The summed E-state index contributed by atoms with van der Waals surface area (Å²) >= 11 is 0. The lowest BCUT2D eigenvalue weighted by molar-refractivity contribution is -0.215. The minimum atomic E-state index is -3.95. The molecule has 2 unspecified atom stereocenters. The molecular formula is C29H37N3O7S. The topological polar surface area (TPSA) is 137 Å². The maximum atomic E-state index is 13.6. The van der Waals surface area contributed by atoms with Crippen LogP contribution in [0.2, 0.25) is 0 Å². The Morgan fingerprint density at radius 1 is 1.00 bits per heavy atom. The van der Waals surface area contributed by atoms with Crippen LogP contribution in [0.3, 0.4) is 0 Å². The van der Waals surface area contributed by atoms with Gasteiger partial charge in [-0.1, -0.05) is 44.2 Å². The summed E-state index contributed by atoms with van der Waals surface area (Å²) in [4.78, 5) is 17.3. The first-order chi connectivity index (χ1) is 19.0. The molecule has 0 fully saturated rings. The maximum Gasteiger partial charge on any atom is 0.251 e. The molecule has 1 amide bonds. The molecule has 0 aromatic heterocycles. The zero-order valence-electron chi connectivity index (χ0n) is 23.1. The number of methoxy groups -OCH3 is 1. The van der Waals surface area contributed by atoms with Crippen molar-refractivity contribution in [2.24, 2.45) is 5.92 Å². The van der Waals surface area contributed by atoms with Crippen LogP contribution in [0.4, 0.5) is 5.69 Å². The average Bonchev–Trinajstić information content (AvgIpc) is 2.92. The summed E-state index contributed by atoms with van der Waals surface area (Å²) < 4.78 is 33.6. The van der Waals surface area contributed by atoms with Gasteiger partial charge in [-0.05, 0) is 72.9 Å². The number of carbonyl (C=O) groups is 1. The molecule has 0 saturated carbocycles. The molecule has 0 saturated heterocycles. The van der Waals surface area contributed by atoms with Gasteiger partial charge in [0.2, 0.25) is 10.0 Å². The summed E-state index contributed by atoms with van der Waals surface area (Å²) in [7, 11) is -2.45. The number of anilines is 1. The van der Waals surface area contributed by atoms with Crippen molar-refractivity contribution in [3.05, 3.63) is 89.5 Å². The highest BCUT2D eigenvalue weighted by Gasteiger charge is 2.31. The molecule has 0 heterocycles. The Hall–Kier alpha value is -3.48. The number of benzene rings is 3. The zero-order valence-corrected chi connectivity index (χ0v) is 23.9. The third-order valence-corrected chi connectivity index (χ3v) is 8.22. The van der Waals surface area contributed by atoms with Crippen LogP contribution < -0.4 is 15.5 Å². The first kappa shape index (κ1) is 31.1. The number of ether oxygens (including phenoxy) is 1. The second-order valence-electron chi connectivity index (χ2n) is 9.95. The van der Waals surface area contributed by atoms with E-state index >= 15 is 0 Å². The minimum absolute atomic E-state index is 0.0138. The number of aliphatic hydroxyl groups is 1. The Kier molecular flexibility index (Phi) is 11.1. The Bertz CT molecular complexity index is 1350. The van der Waals surface area contributed by atoms with Gasteiger partial charge in [0.05, 0.1) is 29.8 Å². The predicted molar refractivity (Wildman–Crippen MR) is 153 cm³/mol. The molecule has 4 N–H and O–H groups in total. The number of rotatable bonds is 14. The Morgan fingerprint density at radius 3 is 2.25 bits per heavy atom. The van der Waals surface area contributed by atoms with E-state index in [1.807, 2.05) is 44.2 Å². The van der Waals surface area contributed by atoms with Crippen LogP contribution >= 0.6 is 0 Å². The normalized spacial score (nSPS) is 13.2. The van der Waals surface area contributed by atoms with Crippen molar-refractivity contribution in [2.45, 2.75) is 44.2 Å². The molecular weight excluding hydrogens is 534 g/mol. The fourth-order valence-electron chi connectivity index (χ4n) is 4.34. The van der Waals surface area contributed by atoms with Gasteiger partial charge in [0, 0.05) is 18.7 Å². The first-order valence-electron chi connectivity index (χ1n) is 12.9. The highest BCUT2D eigenvalue weighted by atomic mass is 32.2. The molecule has 0 bridgehead atoms. The smallest absolute Gasteiger partial charge is 0.251 e. The van der Waals surface area contributed by atoms with Gasteiger partial charge in [-0.15, -0.1) is 4.99 Å². The Labute approximate surface area is 235 Å². The highest BCUT2D eigenvalue weighted by molar-refractivity contribution is 7.89. The molecule has 2 atom stereocenters. The van der Waals surface area contributed by atoms with E-state index in [4.69, 9.17) is 9.99 Å². The van der Waals surface area contributed by atoms with Gasteiger partial charge in [0.25, 0.3) is 5.91 Å². The maximum absolute atomic E-state index is 13.6. The third kappa shape index (κ3) is 8.26. The summed E-state index contributed by atoms with van der Waals surface area (Å²) in [6, 6.07) is 19.4. The summed E-state index contributed by atoms with van der Waals surface area (Å²) in [6.07, 6.45) is -0.942. The minimum Gasteiger partial charge on any atom is -0.497 e. The molecule has 10 nitrogen and oxygen atoms in total. The van der Waals surface area contributed by atoms with Crippen LogP contribution in [0.1, 0.15) is 35.3 Å². The molecule has 40 heavy (non-hydrogen) atoms. The number of hydrogen-bond donors (Lipinski definition) is 4. The molecule has 3 rings (SSSR count). The highest BCUT2D eigenvalue weighted by Crippen LogP contribution is 2.22. The van der Waals surface area contributed by atoms with Crippen LogP contribution in [0.15, 0.2) is 77.7 Å². The molecule has 0 aliphatic rings. The van der Waals surface area contributed by atoms with Crippen LogP contribution in [0, 0.1) is 12.8 Å². The zero-order chi connectivity index (χ0) is 29.3. The van der Waals surface area contributed by atoms with E-state index in [1.165, 1.54) is 23.5 Å². The second-order valence-corrected chi connectivity index (χ2v) is 11.9. The van der Waals surface area contributed by atoms with E-state index in [2.05, 4.69) is 15.8 Å². The van der Waals surface area contributed by atoms with Crippen LogP contribution in [0.25, 0.3) is 0 Å². The van der Waals surface area contributed by atoms with Gasteiger partial charge in [-0.3, -0.25) is 4.79 Å². The van der Waals surface area contributed by atoms with Crippen molar-refractivity contribution < 1.29 is 33.3 Å². The SMILES string of the molecule is COc1ccc(S(=O)(=O)N(CC(C)C)CC(O)C(Cc2ccccc2)NC(=O)c2ccc(NOO)cc2C)cc1. The largest absolute Gasteiger partial charge is 0.497 e. The number of hydrogen-bond acceptors (Lipinski definition) is 8. The lowest BCUT2D eigenvalue weighted by Gasteiger charge is -2.31. The van der Waals surface area contributed by atoms with Gasteiger partial charge in [0.15, 0.2) is 0 Å². The van der Waals surface area contributed by atoms with Gasteiger partial charge < -0.3 is 15.2 Å².